The van der Waals surface area contributed by atoms with E-state index in [-0.39, 0.29) is 0 Å². The molecule has 0 aromatic carbocycles. The lowest BCUT2D eigenvalue weighted by Crippen LogP contribution is -2.41. The summed E-state index contributed by atoms with van der Waals surface area (Å²) in [7, 11) is 0. The molecule has 0 bridgehead atoms. The summed E-state index contributed by atoms with van der Waals surface area (Å²) in [5.41, 5.74) is 0. The SMILES string of the molecule is FC(F)(F)C(F)(F)Oc1ccn[nH]1. The minimum atomic E-state index is -5.74. The van der Waals surface area contributed by atoms with Gasteiger partial charge in [-0.3, -0.25) is 0 Å². The molecule has 0 aliphatic heterocycles. The van der Waals surface area contributed by atoms with Gasteiger partial charge in [-0.2, -0.15) is 27.1 Å². The molecule has 1 heterocycles. The van der Waals surface area contributed by atoms with Crippen molar-refractivity contribution in [2.24, 2.45) is 0 Å². The topological polar surface area (TPSA) is 37.9 Å². The number of hydrogen-bond donors (Lipinski definition) is 1. The lowest BCUT2D eigenvalue weighted by molar-refractivity contribution is -0.361. The molecule has 1 N–H and O–H groups in total. The van der Waals surface area contributed by atoms with Crippen molar-refractivity contribution in [3.8, 4) is 5.88 Å². The van der Waals surface area contributed by atoms with E-state index in [4.69, 9.17) is 0 Å². The first-order chi connectivity index (χ1) is 5.83. The Hall–Kier alpha value is -1.34. The van der Waals surface area contributed by atoms with Crippen molar-refractivity contribution in [1.82, 2.24) is 10.2 Å². The van der Waals surface area contributed by atoms with Gasteiger partial charge in [0.15, 0.2) is 0 Å². The van der Waals surface area contributed by atoms with Crippen LogP contribution in [0.25, 0.3) is 0 Å². The first kappa shape index (κ1) is 9.75. The van der Waals surface area contributed by atoms with Crippen molar-refractivity contribution >= 4 is 0 Å². The summed E-state index contributed by atoms with van der Waals surface area (Å²) in [6, 6.07) is 0.847. The van der Waals surface area contributed by atoms with Gasteiger partial charge in [0.25, 0.3) is 0 Å². The zero-order chi connectivity index (χ0) is 10.1. The second kappa shape index (κ2) is 2.86. The van der Waals surface area contributed by atoms with Gasteiger partial charge in [-0.25, -0.2) is 5.10 Å². The summed E-state index contributed by atoms with van der Waals surface area (Å²) in [6.07, 6.45) is -9.96. The molecule has 1 aromatic heterocycles. The molecule has 0 unspecified atom stereocenters. The maximum absolute atomic E-state index is 12.1. The molecule has 8 heteroatoms. The van der Waals surface area contributed by atoms with E-state index < -0.39 is 18.2 Å². The van der Waals surface area contributed by atoms with Crippen molar-refractivity contribution < 1.29 is 26.7 Å². The number of nitrogens with zero attached hydrogens (tertiary/aromatic N) is 1. The van der Waals surface area contributed by atoms with Gasteiger partial charge in [-0.15, -0.1) is 0 Å². The summed E-state index contributed by atoms with van der Waals surface area (Å²) in [6.45, 7) is 0. The average molecular weight is 202 g/mol. The number of halogens is 5. The van der Waals surface area contributed by atoms with Crippen LogP contribution in [0.5, 0.6) is 5.88 Å². The third-order valence-electron chi connectivity index (χ3n) is 1.04. The Morgan fingerprint density at radius 2 is 1.85 bits per heavy atom. The smallest absolute Gasteiger partial charge is 0.408 e. The van der Waals surface area contributed by atoms with Crippen LogP contribution < -0.4 is 4.74 Å². The number of nitrogens with one attached hydrogen (secondary N) is 1. The molecule has 0 fully saturated rings. The Balaban J connectivity index is 2.73. The number of ether oxygens (including phenoxy) is 1. The average Bonchev–Trinajstić information content (AvgIpc) is 2.35. The third-order valence-corrected chi connectivity index (χ3v) is 1.04. The molecule has 0 amide bonds. The predicted molar refractivity (Wildman–Crippen MR) is 30.2 cm³/mol. The molecule has 13 heavy (non-hydrogen) atoms. The van der Waals surface area contributed by atoms with Crippen LogP contribution in [0, 0.1) is 0 Å². The minimum Gasteiger partial charge on any atom is -0.408 e. The van der Waals surface area contributed by atoms with E-state index in [0.29, 0.717) is 0 Å². The summed E-state index contributed by atoms with van der Waals surface area (Å²) < 4.78 is 62.1. The van der Waals surface area contributed by atoms with Crippen LogP contribution >= 0.6 is 0 Å². The summed E-state index contributed by atoms with van der Waals surface area (Å²) in [5.74, 6) is -0.748. The number of rotatable bonds is 2. The molecule has 74 valence electrons. The van der Waals surface area contributed by atoms with E-state index >= 15 is 0 Å². The molecule has 0 radical (unpaired) electrons. The number of alkyl halides is 5. The van der Waals surface area contributed by atoms with Crippen LogP contribution in [0.1, 0.15) is 0 Å². The quantitative estimate of drug-likeness (QED) is 0.744. The highest BCUT2D eigenvalue weighted by atomic mass is 19.4. The molecule has 0 aliphatic rings. The van der Waals surface area contributed by atoms with Gasteiger partial charge >= 0.3 is 12.3 Å². The first-order valence-electron chi connectivity index (χ1n) is 2.96. The van der Waals surface area contributed by atoms with Crippen LogP contribution in [0.3, 0.4) is 0 Å². The number of H-pyrrole nitrogens is 1. The highest BCUT2D eigenvalue weighted by molar-refractivity contribution is 5.05. The van der Waals surface area contributed by atoms with E-state index in [0.717, 1.165) is 12.3 Å². The highest BCUT2D eigenvalue weighted by Gasteiger charge is 2.61. The van der Waals surface area contributed by atoms with Crippen LogP contribution in [0.2, 0.25) is 0 Å². The molecule has 0 atom stereocenters. The highest BCUT2D eigenvalue weighted by Crippen LogP contribution is 2.36. The molecule has 1 aromatic rings. The van der Waals surface area contributed by atoms with Gasteiger partial charge < -0.3 is 4.74 Å². The van der Waals surface area contributed by atoms with E-state index in [2.05, 4.69) is 9.84 Å². The molecule has 3 nitrogen and oxygen atoms in total. The Morgan fingerprint density at radius 1 is 1.23 bits per heavy atom. The predicted octanol–water partition coefficient (Wildman–Crippen LogP) is 1.94. The Labute approximate surface area is 68.5 Å². The summed E-state index contributed by atoms with van der Waals surface area (Å²) in [5, 5.41) is 4.95. The summed E-state index contributed by atoms with van der Waals surface area (Å²) in [4.78, 5) is 0. The van der Waals surface area contributed by atoms with Crippen molar-refractivity contribution in [2.45, 2.75) is 12.3 Å². The van der Waals surface area contributed by atoms with Crippen LogP contribution in [-0.4, -0.2) is 22.5 Å². The van der Waals surface area contributed by atoms with Crippen LogP contribution in [-0.2, 0) is 0 Å². The third kappa shape index (κ3) is 2.07. The number of aromatic nitrogens is 2. The normalized spacial score (nSPS) is 13.0. The molecule has 0 aliphatic carbocycles. The lowest BCUT2D eigenvalue weighted by atomic mass is 10.6. The van der Waals surface area contributed by atoms with Gasteiger partial charge in [0.1, 0.15) is 0 Å². The van der Waals surface area contributed by atoms with E-state index in [1.807, 2.05) is 5.10 Å². The van der Waals surface area contributed by atoms with Gasteiger partial charge in [0.2, 0.25) is 5.88 Å². The molecular weight excluding hydrogens is 199 g/mol. The van der Waals surface area contributed by atoms with Crippen molar-refractivity contribution in [1.29, 1.82) is 0 Å². The van der Waals surface area contributed by atoms with Crippen molar-refractivity contribution in [2.75, 3.05) is 0 Å². The van der Waals surface area contributed by atoms with Gasteiger partial charge in [-0.05, 0) is 0 Å². The van der Waals surface area contributed by atoms with E-state index in [1.165, 1.54) is 0 Å². The molecule has 1 rings (SSSR count). The number of aromatic amines is 1. The standard InChI is InChI=1S/C5H3F5N2O/c6-4(7,8)5(9,10)13-3-1-2-11-12-3/h1-2H,(H,11,12). The van der Waals surface area contributed by atoms with Crippen LogP contribution in [0.4, 0.5) is 22.0 Å². The van der Waals surface area contributed by atoms with Crippen molar-refractivity contribution in [3.05, 3.63) is 12.3 Å². The second-order valence-electron chi connectivity index (χ2n) is 2.04. The maximum atomic E-state index is 12.1. The largest absolute Gasteiger partial charge is 0.500 e. The lowest BCUT2D eigenvalue weighted by Gasteiger charge is -2.18. The summed E-state index contributed by atoms with van der Waals surface area (Å²) >= 11 is 0. The van der Waals surface area contributed by atoms with Crippen molar-refractivity contribution in [3.63, 3.8) is 0 Å². The van der Waals surface area contributed by atoms with E-state index in [9.17, 15) is 22.0 Å². The minimum absolute atomic E-state index is 0.748. The zero-order valence-corrected chi connectivity index (χ0v) is 5.90. The van der Waals surface area contributed by atoms with Gasteiger partial charge in [0.05, 0.1) is 6.20 Å². The first-order valence-corrected chi connectivity index (χ1v) is 2.96. The number of hydrogen-bond acceptors (Lipinski definition) is 2. The van der Waals surface area contributed by atoms with Crippen LogP contribution in [0.15, 0.2) is 12.3 Å². The van der Waals surface area contributed by atoms with E-state index in [1.54, 1.807) is 0 Å². The Bertz CT molecular complexity index is 267. The van der Waals surface area contributed by atoms with Gasteiger partial charge in [-0.1, -0.05) is 0 Å². The van der Waals surface area contributed by atoms with Gasteiger partial charge in [0, 0.05) is 6.07 Å². The molecule has 0 saturated carbocycles. The molecular formula is C5H3F5N2O. The molecule has 0 spiro atoms. The second-order valence-corrected chi connectivity index (χ2v) is 2.04. The Kier molecular flexibility index (Phi) is 2.14. The maximum Gasteiger partial charge on any atom is 0.500 e. The fourth-order valence-electron chi connectivity index (χ4n) is 0.496. The zero-order valence-electron chi connectivity index (χ0n) is 5.90. The fourth-order valence-corrected chi connectivity index (χ4v) is 0.496. The molecule has 0 saturated heterocycles. The Morgan fingerprint density at radius 3 is 2.23 bits per heavy atom. The monoisotopic (exact) mass is 202 g/mol. The fraction of sp³-hybridized carbons (Fsp3) is 0.400.